The van der Waals surface area contributed by atoms with Gasteiger partial charge in [-0.25, -0.2) is 0 Å². The van der Waals surface area contributed by atoms with Crippen LogP contribution in [0.5, 0.6) is 5.75 Å². The molecule has 2 atom stereocenters. The summed E-state index contributed by atoms with van der Waals surface area (Å²) >= 11 is 0. The first-order chi connectivity index (χ1) is 14.2. The summed E-state index contributed by atoms with van der Waals surface area (Å²) in [6, 6.07) is 25.9. The van der Waals surface area contributed by atoms with Crippen molar-refractivity contribution in [3.05, 3.63) is 107 Å². The zero-order valence-corrected chi connectivity index (χ0v) is 16.7. The molecule has 0 spiro atoms. The quantitative estimate of drug-likeness (QED) is 0.542. The van der Waals surface area contributed by atoms with Crippen LogP contribution in [0.1, 0.15) is 28.2 Å². The lowest BCUT2D eigenvalue weighted by Crippen LogP contribution is -2.30. The molecule has 146 valence electrons. The number of aryl methyl sites for hydroxylation is 1. The Hall–Kier alpha value is -3.33. The Morgan fingerprint density at radius 1 is 0.897 bits per heavy atom. The van der Waals surface area contributed by atoms with Gasteiger partial charge >= 0.3 is 5.97 Å². The van der Waals surface area contributed by atoms with Gasteiger partial charge < -0.3 is 9.47 Å². The number of hydrogen-bond donors (Lipinski definition) is 0. The SMILES string of the molecule is COc1ccc(C[C@@H]2C(=O)OC(c3ccccc3)=C[C@@H]2c2ccccc2C)cc1. The largest absolute Gasteiger partial charge is 0.497 e. The summed E-state index contributed by atoms with van der Waals surface area (Å²) in [5.41, 5.74) is 4.34. The predicted octanol–water partition coefficient (Wildman–Crippen LogP) is 5.54. The maximum absolute atomic E-state index is 13.1. The lowest BCUT2D eigenvalue weighted by Gasteiger charge is -2.30. The van der Waals surface area contributed by atoms with Gasteiger partial charge in [0.2, 0.25) is 0 Å². The van der Waals surface area contributed by atoms with Crippen LogP contribution in [0, 0.1) is 12.8 Å². The van der Waals surface area contributed by atoms with Crippen molar-refractivity contribution in [2.24, 2.45) is 5.92 Å². The van der Waals surface area contributed by atoms with E-state index in [0.717, 1.165) is 22.4 Å². The van der Waals surface area contributed by atoms with Crippen molar-refractivity contribution in [3.63, 3.8) is 0 Å². The van der Waals surface area contributed by atoms with Crippen molar-refractivity contribution in [2.75, 3.05) is 7.11 Å². The highest BCUT2D eigenvalue weighted by Crippen LogP contribution is 2.39. The minimum atomic E-state index is -0.281. The minimum Gasteiger partial charge on any atom is -0.497 e. The van der Waals surface area contributed by atoms with E-state index in [2.05, 4.69) is 25.1 Å². The number of rotatable bonds is 5. The smallest absolute Gasteiger partial charge is 0.315 e. The Kier molecular flexibility index (Phi) is 5.48. The first-order valence-electron chi connectivity index (χ1n) is 9.83. The molecule has 0 bridgehead atoms. The van der Waals surface area contributed by atoms with Gasteiger partial charge in [-0.2, -0.15) is 0 Å². The Labute approximate surface area is 171 Å². The Bertz CT molecular complexity index is 1020. The van der Waals surface area contributed by atoms with Gasteiger partial charge in [0.1, 0.15) is 11.5 Å². The number of carbonyl (C=O) groups is 1. The zero-order valence-electron chi connectivity index (χ0n) is 16.7. The van der Waals surface area contributed by atoms with Crippen molar-refractivity contribution in [3.8, 4) is 5.75 Å². The molecule has 3 aromatic rings. The molecule has 1 aliphatic heterocycles. The molecule has 0 saturated heterocycles. The fourth-order valence-electron chi connectivity index (χ4n) is 3.89. The number of carbonyl (C=O) groups excluding carboxylic acids is 1. The highest BCUT2D eigenvalue weighted by molar-refractivity contribution is 5.84. The van der Waals surface area contributed by atoms with E-state index in [4.69, 9.17) is 9.47 Å². The summed E-state index contributed by atoms with van der Waals surface area (Å²) < 4.78 is 11.0. The average molecular weight is 384 g/mol. The molecule has 0 unspecified atom stereocenters. The van der Waals surface area contributed by atoms with Gasteiger partial charge in [0.25, 0.3) is 0 Å². The molecule has 29 heavy (non-hydrogen) atoms. The van der Waals surface area contributed by atoms with Crippen LogP contribution in [0.4, 0.5) is 0 Å². The van der Waals surface area contributed by atoms with E-state index in [-0.39, 0.29) is 17.8 Å². The molecule has 0 N–H and O–H groups in total. The van der Waals surface area contributed by atoms with Crippen LogP contribution in [0.2, 0.25) is 0 Å². The van der Waals surface area contributed by atoms with E-state index in [1.54, 1.807) is 7.11 Å². The van der Waals surface area contributed by atoms with E-state index in [1.165, 1.54) is 5.56 Å². The lowest BCUT2D eigenvalue weighted by atomic mass is 9.78. The van der Waals surface area contributed by atoms with Crippen molar-refractivity contribution in [1.82, 2.24) is 0 Å². The monoisotopic (exact) mass is 384 g/mol. The molecule has 3 aromatic carbocycles. The van der Waals surface area contributed by atoms with E-state index in [1.807, 2.05) is 66.7 Å². The van der Waals surface area contributed by atoms with Crippen LogP contribution in [-0.2, 0) is 16.0 Å². The Balaban J connectivity index is 1.73. The normalized spacial score (nSPS) is 18.7. The van der Waals surface area contributed by atoms with Crippen molar-refractivity contribution in [2.45, 2.75) is 19.3 Å². The van der Waals surface area contributed by atoms with Crippen LogP contribution in [0.25, 0.3) is 5.76 Å². The Morgan fingerprint density at radius 3 is 2.28 bits per heavy atom. The van der Waals surface area contributed by atoms with E-state index in [9.17, 15) is 4.79 Å². The number of ether oxygens (including phenoxy) is 2. The molecular weight excluding hydrogens is 360 g/mol. The molecule has 0 radical (unpaired) electrons. The summed E-state index contributed by atoms with van der Waals surface area (Å²) in [6.07, 6.45) is 2.72. The van der Waals surface area contributed by atoms with E-state index in [0.29, 0.717) is 12.2 Å². The maximum Gasteiger partial charge on any atom is 0.315 e. The van der Waals surface area contributed by atoms with Gasteiger partial charge in [0, 0.05) is 11.5 Å². The fraction of sp³-hybridized carbons (Fsp3) is 0.192. The van der Waals surface area contributed by atoms with Crippen LogP contribution in [0.3, 0.4) is 0 Å². The number of methoxy groups -OCH3 is 1. The number of esters is 1. The van der Waals surface area contributed by atoms with Gasteiger partial charge in [-0.3, -0.25) is 4.79 Å². The second-order valence-corrected chi connectivity index (χ2v) is 7.36. The summed E-state index contributed by atoms with van der Waals surface area (Å²) in [4.78, 5) is 13.1. The highest BCUT2D eigenvalue weighted by Gasteiger charge is 2.35. The summed E-state index contributed by atoms with van der Waals surface area (Å²) in [6.45, 7) is 2.09. The molecule has 0 fully saturated rings. The number of hydrogen-bond acceptors (Lipinski definition) is 3. The van der Waals surface area contributed by atoms with E-state index < -0.39 is 0 Å². The molecular formula is C26H24O3. The molecule has 0 amide bonds. The standard InChI is InChI=1S/C26H24O3/c1-18-8-6-7-11-22(18)23-17-25(20-9-4-3-5-10-20)29-26(27)24(23)16-19-12-14-21(28-2)15-13-19/h3-15,17,23-24H,16H2,1-2H3/t23-,24+/m1/s1. The van der Waals surface area contributed by atoms with Crippen LogP contribution < -0.4 is 4.74 Å². The van der Waals surface area contributed by atoms with Gasteiger partial charge in [-0.15, -0.1) is 0 Å². The third-order valence-corrected chi connectivity index (χ3v) is 5.50. The van der Waals surface area contributed by atoms with Crippen LogP contribution in [0.15, 0.2) is 84.9 Å². The molecule has 0 aliphatic carbocycles. The van der Waals surface area contributed by atoms with Gasteiger partial charge in [-0.1, -0.05) is 66.7 Å². The van der Waals surface area contributed by atoms with Gasteiger partial charge in [-0.05, 0) is 48.2 Å². The summed E-state index contributed by atoms with van der Waals surface area (Å²) in [5, 5.41) is 0. The summed E-state index contributed by atoms with van der Waals surface area (Å²) in [5.74, 6) is 0.929. The molecule has 0 saturated carbocycles. The molecule has 0 aromatic heterocycles. The van der Waals surface area contributed by atoms with Crippen molar-refractivity contribution >= 4 is 11.7 Å². The molecule has 4 rings (SSSR count). The lowest BCUT2D eigenvalue weighted by molar-refractivity contribution is -0.142. The maximum atomic E-state index is 13.1. The van der Waals surface area contributed by atoms with Crippen molar-refractivity contribution < 1.29 is 14.3 Å². The van der Waals surface area contributed by atoms with Crippen LogP contribution >= 0.6 is 0 Å². The molecule has 3 nitrogen and oxygen atoms in total. The van der Waals surface area contributed by atoms with Gasteiger partial charge in [0.05, 0.1) is 13.0 Å². The third kappa shape index (κ3) is 4.09. The molecule has 1 heterocycles. The summed E-state index contributed by atoms with van der Waals surface area (Å²) in [7, 11) is 1.65. The molecule has 3 heteroatoms. The minimum absolute atomic E-state index is 0.0465. The topological polar surface area (TPSA) is 35.5 Å². The molecule has 1 aliphatic rings. The van der Waals surface area contributed by atoms with E-state index >= 15 is 0 Å². The Morgan fingerprint density at radius 2 is 1.59 bits per heavy atom. The van der Waals surface area contributed by atoms with Gasteiger partial charge in [0.15, 0.2) is 0 Å². The van der Waals surface area contributed by atoms with Crippen molar-refractivity contribution in [1.29, 1.82) is 0 Å². The highest BCUT2D eigenvalue weighted by atomic mass is 16.5. The fourth-order valence-corrected chi connectivity index (χ4v) is 3.89. The number of cyclic esters (lactones) is 1. The second-order valence-electron chi connectivity index (χ2n) is 7.36. The van der Waals surface area contributed by atoms with Crippen LogP contribution in [-0.4, -0.2) is 13.1 Å². The predicted molar refractivity (Wildman–Crippen MR) is 115 cm³/mol. The second kappa shape index (κ2) is 8.36. The number of allylic oxidation sites excluding steroid dienone is 1. The zero-order chi connectivity index (χ0) is 20.2. The third-order valence-electron chi connectivity index (χ3n) is 5.50. The first kappa shape index (κ1) is 19.0. The number of benzene rings is 3. The first-order valence-corrected chi connectivity index (χ1v) is 9.83. The average Bonchev–Trinajstić information content (AvgIpc) is 2.76.